The highest BCUT2D eigenvalue weighted by molar-refractivity contribution is 5.56. The van der Waals surface area contributed by atoms with Gasteiger partial charge < -0.3 is 20.1 Å². The average molecular weight is 717 g/mol. The van der Waals surface area contributed by atoms with Gasteiger partial charge in [-0.3, -0.25) is 0 Å². The van der Waals surface area contributed by atoms with E-state index in [2.05, 4.69) is 42.7 Å². The number of halogens is 6. The van der Waals surface area contributed by atoms with Crippen molar-refractivity contribution < 1.29 is 35.8 Å². The lowest BCUT2D eigenvalue weighted by Crippen LogP contribution is -2.12. The number of ether oxygens (including phenoxy) is 2. The van der Waals surface area contributed by atoms with Crippen LogP contribution in [0.2, 0.25) is 0 Å². The summed E-state index contributed by atoms with van der Waals surface area (Å²) in [6.45, 7) is 3.68. The molecule has 274 valence electrons. The van der Waals surface area contributed by atoms with E-state index in [0.717, 1.165) is 23.8 Å². The van der Waals surface area contributed by atoms with Gasteiger partial charge in [-0.1, -0.05) is 56.9 Å². The lowest BCUT2D eigenvalue weighted by atomic mass is 9.98. The maximum Gasteiger partial charge on any atom is 0.423 e. The molecule has 0 aliphatic heterocycles. The summed E-state index contributed by atoms with van der Waals surface area (Å²) >= 11 is 0. The second-order valence-corrected chi connectivity index (χ2v) is 12.6. The zero-order valence-electron chi connectivity index (χ0n) is 28.6. The van der Waals surface area contributed by atoms with Gasteiger partial charge in [-0.25, -0.2) is 9.97 Å². The minimum atomic E-state index is -4.55. The number of hydrogen-bond donors (Lipinski definition) is 2. The van der Waals surface area contributed by atoms with Crippen molar-refractivity contribution in [1.29, 1.82) is 0 Å². The third-order valence-electron chi connectivity index (χ3n) is 8.83. The average Bonchev–Trinajstić information content (AvgIpc) is 3.84. The van der Waals surface area contributed by atoms with Crippen molar-refractivity contribution >= 4 is 23.3 Å². The molecule has 6 rings (SSSR count). The first kappa shape index (κ1) is 37.6. The van der Waals surface area contributed by atoms with Crippen molar-refractivity contribution in [2.45, 2.75) is 95.8 Å². The van der Waals surface area contributed by atoms with Gasteiger partial charge in [-0.15, -0.1) is 0 Å². The molecule has 2 aliphatic rings. The van der Waals surface area contributed by atoms with Crippen molar-refractivity contribution in [3.8, 4) is 11.8 Å². The zero-order chi connectivity index (χ0) is 36.4. The standard InChI is InChI=1S/C19H22F3N3O.C18H20F3N3O/c1-2-11-26-17-16(19(20,21)22)12-23-18(25-17)24-15-9-7-14(8-10-15)13-5-3-4-6-13;1-2-25-16-15(18(19,20)21)11-22-17(24-16)23-14-9-7-13(8-10-14)12-5-3-4-6-12/h7-10,12-13H,2-6,11H2,1H3,(H,23,24,25);7-12H,2-6H2,1H3,(H,22,23,24). The highest BCUT2D eigenvalue weighted by Gasteiger charge is 2.37. The zero-order valence-corrected chi connectivity index (χ0v) is 28.6. The molecule has 0 atom stereocenters. The van der Waals surface area contributed by atoms with E-state index in [4.69, 9.17) is 9.47 Å². The summed E-state index contributed by atoms with van der Waals surface area (Å²) in [7, 11) is 0. The summed E-state index contributed by atoms with van der Waals surface area (Å²) in [6, 6.07) is 15.8. The van der Waals surface area contributed by atoms with E-state index in [1.54, 1.807) is 6.92 Å². The molecule has 51 heavy (non-hydrogen) atoms. The molecule has 2 aromatic carbocycles. The summed E-state index contributed by atoms with van der Waals surface area (Å²) in [5.74, 6) is 0.471. The Bertz CT molecular complexity index is 1690. The van der Waals surface area contributed by atoms with Crippen molar-refractivity contribution in [2.24, 2.45) is 0 Å². The lowest BCUT2D eigenvalue weighted by Gasteiger charge is -2.14. The van der Waals surface area contributed by atoms with Gasteiger partial charge in [0.2, 0.25) is 23.7 Å². The molecule has 4 aromatic rings. The van der Waals surface area contributed by atoms with Crippen molar-refractivity contribution in [3.63, 3.8) is 0 Å². The number of rotatable bonds is 11. The Balaban J connectivity index is 0.000000198. The Hall–Kier alpha value is -4.62. The quantitative estimate of drug-likeness (QED) is 0.148. The van der Waals surface area contributed by atoms with Crippen molar-refractivity contribution in [3.05, 3.63) is 83.2 Å². The van der Waals surface area contributed by atoms with Crippen LogP contribution in [0, 0.1) is 0 Å². The highest BCUT2D eigenvalue weighted by Crippen LogP contribution is 2.38. The summed E-state index contributed by atoms with van der Waals surface area (Å²) in [4.78, 5) is 15.3. The van der Waals surface area contributed by atoms with Crippen LogP contribution in [-0.2, 0) is 12.4 Å². The van der Waals surface area contributed by atoms with E-state index in [1.165, 1.54) is 62.5 Å². The molecule has 8 nitrogen and oxygen atoms in total. The Morgan fingerprint density at radius 2 is 1.00 bits per heavy atom. The predicted octanol–water partition coefficient (Wildman–Crippen LogP) is 11.0. The van der Waals surface area contributed by atoms with E-state index in [-0.39, 0.29) is 25.1 Å². The Morgan fingerprint density at radius 3 is 1.35 bits per heavy atom. The van der Waals surface area contributed by atoms with Gasteiger partial charge in [-0.2, -0.15) is 36.3 Å². The fourth-order valence-electron chi connectivity index (χ4n) is 6.25. The van der Waals surface area contributed by atoms with E-state index >= 15 is 0 Å². The van der Waals surface area contributed by atoms with Crippen LogP contribution in [0.5, 0.6) is 11.8 Å². The number of anilines is 4. The molecule has 2 N–H and O–H groups in total. The maximum absolute atomic E-state index is 13.0. The lowest BCUT2D eigenvalue weighted by molar-refractivity contribution is -0.140. The van der Waals surface area contributed by atoms with Gasteiger partial charge in [0.15, 0.2) is 0 Å². The highest BCUT2D eigenvalue weighted by atomic mass is 19.4. The van der Waals surface area contributed by atoms with Crippen molar-refractivity contribution in [1.82, 2.24) is 19.9 Å². The van der Waals surface area contributed by atoms with Gasteiger partial charge in [-0.05, 0) is 86.3 Å². The summed E-state index contributed by atoms with van der Waals surface area (Å²) in [6.07, 6.45) is 2.92. The number of benzene rings is 2. The smallest absolute Gasteiger partial charge is 0.423 e. The molecule has 2 fully saturated rings. The van der Waals surface area contributed by atoms with Gasteiger partial charge in [0, 0.05) is 23.8 Å². The number of aromatic nitrogens is 4. The van der Waals surface area contributed by atoms with Crippen molar-refractivity contribution in [2.75, 3.05) is 23.8 Å². The van der Waals surface area contributed by atoms with Gasteiger partial charge in [0.1, 0.15) is 11.1 Å². The summed E-state index contributed by atoms with van der Waals surface area (Å²) < 4.78 is 88.1. The van der Waals surface area contributed by atoms with Gasteiger partial charge >= 0.3 is 12.4 Å². The minimum Gasteiger partial charge on any atom is -0.477 e. The Morgan fingerprint density at radius 1 is 0.608 bits per heavy atom. The molecule has 2 aromatic heterocycles. The monoisotopic (exact) mass is 716 g/mol. The minimum absolute atomic E-state index is 0.0741. The first-order chi connectivity index (χ1) is 24.4. The normalized spacial score (nSPS) is 15.3. The molecule has 0 amide bonds. The second-order valence-electron chi connectivity index (χ2n) is 12.6. The fourth-order valence-corrected chi connectivity index (χ4v) is 6.25. The Labute approximate surface area is 293 Å². The molecule has 0 spiro atoms. The summed E-state index contributed by atoms with van der Waals surface area (Å²) in [5, 5.41) is 5.88. The van der Waals surface area contributed by atoms with Crippen LogP contribution in [0.15, 0.2) is 60.9 Å². The van der Waals surface area contributed by atoms with E-state index in [0.29, 0.717) is 18.3 Å². The number of nitrogens with zero attached hydrogens (tertiary/aromatic N) is 4. The van der Waals surface area contributed by atoms with E-state index in [9.17, 15) is 26.3 Å². The SMILES string of the molecule is CCCOc1nc(Nc2ccc(C3CCCC3)cc2)ncc1C(F)(F)F.CCOc1nc(Nc2ccc(C3CCCC3)cc2)ncc1C(F)(F)F. The number of alkyl halides is 6. The molecule has 2 heterocycles. The molecule has 0 bridgehead atoms. The first-order valence-corrected chi connectivity index (χ1v) is 17.3. The molecule has 0 radical (unpaired) electrons. The van der Waals surface area contributed by atoms with Crippen LogP contribution in [0.25, 0.3) is 0 Å². The third-order valence-corrected chi connectivity index (χ3v) is 8.83. The van der Waals surface area contributed by atoms with Crippen LogP contribution in [0.4, 0.5) is 49.6 Å². The maximum atomic E-state index is 13.0. The topological polar surface area (TPSA) is 94.1 Å². The number of nitrogens with one attached hydrogen (secondary N) is 2. The van der Waals surface area contributed by atoms with Crippen LogP contribution in [0.1, 0.15) is 106 Å². The molecule has 0 unspecified atom stereocenters. The molecular formula is C37H42F6N6O2. The second kappa shape index (κ2) is 17.1. The number of hydrogen-bond acceptors (Lipinski definition) is 8. The predicted molar refractivity (Wildman–Crippen MR) is 183 cm³/mol. The molecule has 2 saturated carbocycles. The molecule has 14 heteroatoms. The molecule has 2 aliphatic carbocycles. The van der Waals surface area contributed by atoms with Crippen LogP contribution < -0.4 is 20.1 Å². The first-order valence-electron chi connectivity index (χ1n) is 17.3. The van der Waals surface area contributed by atoms with Crippen LogP contribution >= 0.6 is 0 Å². The van der Waals surface area contributed by atoms with Gasteiger partial charge in [0.25, 0.3) is 0 Å². The summed E-state index contributed by atoms with van der Waals surface area (Å²) in [5.41, 5.74) is 2.11. The van der Waals surface area contributed by atoms with Crippen LogP contribution in [0.3, 0.4) is 0 Å². The van der Waals surface area contributed by atoms with Gasteiger partial charge in [0.05, 0.1) is 13.2 Å². The van der Waals surface area contributed by atoms with Crippen LogP contribution in [-0.4, -0.2) is 33.1 Å². The van der Waals surface area contributed by atoms with E-state index < -0.39 is 35.2 Å². The Kier molecular flexibility index (Phi) is 12.6. The fraction of sp³-hybridized carbons (Fsp3) is 0.459. The molecule has 0 saturated heterocycles. The third kappa shape index (κ3) is 10.5. The van der Waals surface area contributed by atoms with E-state index in [1.807, 2.05) is 43.3 Å². The molecular weight excluding hydrogens is 674 g/mol. The largest absolute Gasteiger partial charge is 0.477 e.